The lowest BCUT2D eigenvalue weighted by Gasteiger charge is -2.30. The molecule has 0 aliphatic rings. The Labute approximate surface area is 152 Å². The first-order valence-electron chi connectivity index (χ1n) is 8.74. The number of rotatable bonds is 8. The Morgan fingerprint density at radius 3 is 2.38 bits per heavy atom. The van der Waals surface area contributed by atoms with Crippen molar-refractivity contribution in [3.8, 4) is 0 Å². The molecule has 0 fully saturated rings. The van der Waals surface area contributed by atoms with Gasteiger partial charge in [0.05, 0.1) is 11.6 Å². The zero-order chi connectivity index (χ0) is 18.3. The summed E-state index contributed by atoms with van der Waals surface area (Å²) in [5.41, 5.74) is 1.16. The first-order chi connectivity index (χ1) is 11.3. The van der Waals surface area contributed by atoms with E-state index in [-0.39, 0.29) is 0 Å². The summed E-state index contributed by atoms with van der Waals surface area (Å²) in [6, 6.07) is 3.15. The van der Waals surface area contributed by atoms with E-state index < -0.39 is 0 Å². The molecular formula is C18H34ClN5. The third kappa shape index (κ3) is 6.36. The second-order valence-corrected chi connectivity index (χ2v) is 7.31. The van der Waals surface area contributed by atoms with Gasteiger partial charge in [0.15, 0.2) is 5.96 Å². The number of guanidine groups is 1. The minimum absolute atomic E-state index is 0.578. The smallest absolute Gasteiger partial charge is 0.193 e. The minimum atomic E-state index is 0.578. The van der Waals surface area contributed by atoms with Gasteiger partial charge in [-0.3, -0.25) is 9.89 Å². The summed E-state index contributed by atoms with van der Waals surface area (Å²) in [4.78, 5) is 9.02. The summed E-state index contributed by atoms with van der Waals surface area (Å²) in [6.45, 7) is 11.8. The second-order valence-electron chi connectivity index (χ2n) is 6.87. The zero-order valence-corrected chi connectivity index (χ0v) is 17.1. The average Bonchev–Trinajstić information content (AvgIpc) is 2.79. The molecular weight excluding hydrogens is 322 g/mol. The predicted molar refractivity (Wildman–Crippen MR) is 105 cm³/mol. The minimum Gasteiger partial charge on any atom is -0.356 e. The SMILES string of the molecule is CN=C(NCCCN(C(C)C)C(C)C)N(C)Cc1cc(Cl)cn1C. The first kappa shape index (κ1) is 20.8. The Bertz CT molecular complexity index is 513. The molecule has 24 heavy (non-hydrogen) atoms. The van der Waals surface area contributed by atoms with E-state index in [1.807, 2.05) is 33.4 Å². The highest BCUT2D eigenvalue weighted by Gasteiger charge is 2.13. The number of aryl methyl sites for hydroxylation is 1. The van der Waals surface area contributed by atoms with Crippen LogP contribution in [0.2, 0.25) is 5.02 Å². The average molecular weight is 356 g/mol. The maximum Gasteiger partial charge on any atom is 0.193 e. The molecule has 0 spiro atoms. The van der Waals surface area contributed by atoms with Crippen molar-refractivity contribution >= 4 is 17.6 Å². The summed E-state index contributed by atoms with van der Waals surface area (Å²) in [6.07, 6.45) is 3.02. The van der Waals surface area contributed by atoms with Crippen molar-refractivity contribution in [2.45, 2.75) is 52.7 Å². The van der Waals surface area contributed by atoms with E-state index in [9.17, 15) is 0 Å². The lowest BCUT2D eigenvalue weighted by Crippen LogP contribution is -2.42. The molecule has 0 aliphatic heterocycles. The summed E-state index contributed by atoms with van der Waals surface area (Å²) in [5, 5.41) is 4.23. The maximum absolute atomic E-state index is 6.06. The molecule has 6 heteroatoms. The quantitative estimate of drug-likeness (QED) is 0.442. The van der Waals surface area contributed by atoms with Gasteiger partial charge in [-0.15, -0.1) is 0 Å². The number of nitrogens with zero attached hydrogens (tertiary/aromatic N) is 4. The molecule has 0 unspecified atom stereocenters. The number of nitrogens with one attached hydrogen (secondary N) is 1. The van der Waals surface area contributed by atoms with Crippen LogP contribution in [-0.4, -0.2) is 59.6 Å². The van der Waals surface area contributed by atoms with Gasteiger partial charge in [0.2, 0.25) is 0 Å². The number of aliphatic imine (C=N–C) groups is 1. The Hall–Kier alpha value is -1.20. The van der Waals surface area contributed by atoms with Crippen molar-refractivity contribution in [3.05, 3.63) is 23.0 Å². The molecule has 0 amide bonds. The van der Waals surface area contributed by atoms with E-state index in [4.69, 9.17) is 11.6 Å². The van der Waals surface area contributed by atoms with Crippen LogP contribution < -0.4 is 5.32 Å². The molecule has 1 aromatic rings. The molecule has 138 valence electrons. The molecule has 0 atom stereocenters. The van der Waals surface area contributed by atoms with Gasteiger partial charge in [-0.25, -0.2) is 0 Å². The van der Waals surface area contributed by atoms with E-state index in [2.05, 4.69) is 52.4 Å². The van der Waals surface area contributed by atoms with Gasteiger partial charge in [0, 0.05) is 58.2 Å². The van der Waals surface area contributed by atoms with Crippen molar-refractivity contribution in [2.24, 2.45) is 12.0 Å². The number of hydrogen-bond acceptors (Lipinski definition) is 2. The third-order valence-electron chi connectivity index (χ3n) is 4.25. The van der Waals surface area contributed by atoms with Crippen LogP contribution in [-0.2, 0) is 13.6 Å². The fraction of sp³-hybridized carbons (Fsp3) is 0.722. The zero-order valence-electron chi connectivity index (χ0n) is 16.3. The summed E-state index contributed by atoms with van der Waals surface area (Å²) < 4.78 is 2.05. The van der Waals surface area contributed by atoms with Gasteiger partial charge < -0.3 is 14.8 Å². The van der Waals surface area contributed by atoms with Gasteiger partial charge in [-0.05, 0) is 40.2 Å². The van der Waals surface area contributed by atoms with Crippen molar-refractivity contribution in [2.75, 3.05) is 27.2 Å². The molecule has 0 bridgehead atoms. The number of halogens is 1. The molecule has 0 aromatic carbocycles. The largest absolute Gasteiger partial charge is 0.356 e. The van der Waals surface area contributed by atoms with E-state index in [1.165, 1.54) is 0 Å². The Morgan fingerprint density at radius 1 is 1.29 bits per heavy atom. The number of hydrogen-bond donors (Lipinski definition) is 1. The second kappa shape index (κ2) is 9.94. The van der Waals surface area contributed by atoms with Crippen LogP contribution in [0.5, 0.6) is 0 Å². The fourth-order valence-corrected chi connectivity index (χ4v) is 3.27. The fourth-order valence-electron chi connectivity index (χ4n) is 3.00. The van der Waals surface area contributed by atoms with Crippen LogP contribution in [0.25, 0.3) is 0 Å². The Balaban J connectivity index is 2.46. The molecule has 0 saturated carbocycles. The third-order valence-corrected chi connectivity index (χ3v) is 4.46. The van der Waals surface area contributed by atoms with Crippen LogP contribution >= 0.6 is 11.6 Å². The van der Waals surface area contributed by atoms with Gasteiger partial charge in [0.1, 0.15) is 0 Å². The summed E-state index contributed by atoms with van der Waals surface area (Å²) in [5.74, 6) is 0.910. The molecule has 1 heterocycles. The lowest BCUT2D eigenvalue weighted by atomic mass is 10.2. The van der Waals surface area contributed by atoms with Gasteiger partial charge in [-0.1, -0.05) is 11.6 Å². The standard InChI is InChI=1S/C18H34ClN5/c1-14(2)24(15(3)4)10-8-9-21-18(20-5)23(7)13-17-11-16(19)12-22(17)6/h11-12,14-15H,8-10,13H2,1-7H3,(H,20,21). The molecule has 1 rings (SSSR count). The van der Waals surface area contributed by atoms with Crippen molar-refractivity contribution in [3.63, 3.8) is 0 Å². The van der Waals surface area contributed by atoms with Crippen LogP contribution in [0.4, 0.5) is 0 Å². The maximum atomic E-state index is 6.06. The molecule has 1 N–H and O–H groups in total. The van der Waals surface area contributed by atoms with Gasteiger partial charge in [-0.2, -0.15) is 0 Å². The lowest BCUT2D eigenvalue weighted by molar-refractivity contribution is 0.173. The predicted octanol–water partition coefficient (Wildman–Crippen LogP) is 3.19. The van der Waals surface area contributed by atoms with Crippen LogP contribution in [0, 0.1) is 0 Å². The molecule has 0 aliphatic carbocycles. The Morgan fingerprint density at radius 2 is 1.92 bits per heavy atom. The van der Waals surface area contributed by atoms with E-state index in [0.29, 0.717) is 12.1 Å². The monoisotopic (exact) mass is 355 g/mol. The highest BCUT2D eigenvalue weighted by Crippen LogP contribution is 2.14. The van der Waals surface area contributed by atoms with Crippen LogP contribution in [0.3, 0.4) is 0 Å². The van der Waals surface area contributed by atoms with Crippen molar-refractivity contribution < 1.29 is 0 Å². The number of aromatic nitrogens is 1. The van der Waals surface area contributed by atoms with E-state index >= 15 is 0 Å². The van der Waals surface area contributed by atoms with Gasteiger partial charge in [0.25, 0.3) is 0 Å². The van der Waals surface area contributed by atoms with E-state index in [1.54, 1.807) is 0 Å². The van der Waals surface area contributed by atoms with Crippen LogP contribution in [0.15, 0.2) is 17.3 Å². The molecule has 5 nitrogen and oxygen atoms in total. The highest BCUT2D eigenvalue weighted by molar-refractivity contribution is 6.30. The summed E-state index contributed by atoms with van der Waals surface area (Å²) in [7, 11) is 5.88. The molecule has 0 radical (unpaired) electrons. The molecule has 1 aromatic heterocycles. The Kier molecular flexibility index (Phi) is 8.63. The topological polar surface area (TPSA) is 35.8 Å². The van der Waals surface area contributed by atoms with Crippen molar-refractivity contribution in [1.29, 1.82) is 0 Å². The molecule has 0 saturated heterocycles. The van der Waals surface area contributed by atoms with Crippen LogP contribution in [0.1, 0.15) is 39.8 Å². The summed E-state index contributed by atoms with van der Waals surface area (Å²) >= 11 is 6.06. The van der Waals surface area contributed by atoms with E-state index in [0.717, 1.165) is 42.7 Å². The normalized spacial score (nSPS) is 12.5. The highest BCUT2D eigenvalue weighted by atomic mass is 35.5. The van der Waals surface area contributed by atoms with Crippen molar-refractivity contribution in [1.82, 2.24) is 19.7 Å². The first-order valence-corrected chi connectivity index (χ1v) is 9.12. The van der Waals surface area contributed by atoms with Gasteiger partial charge >= 0.3 is 0 Å².